The molecule has 1 aromatic heterocycles. The van der Waals surface area contributed by atoms with Gasteiger partial charge in [0.1, 0.15) is 11.5 Å². The third-order valence-electron chi connectivity index (χ3n) is 3.76. The van der Waals surface area contributed by atoms with Gasteiger partial charge in [0.2, 0.25) is 0 Å². The Kier molecular flexibility index (Phi) is 4.81. The highest BCUT2D eigenvalue weighted by molar-refractivity contribution is 5.21. The lowest BCUT2D eigenvalue weighted by atomic mass is 10.1. The Balaban J connectivity index is 1.95. The number of nitrogens with one attached hydrogen (secondary N) is 1. The molecule has 2 heterocycles. The van der Waals surface area contributed by atoms with Gasteiger partial charge in [-0.3, -0.25) is 4.90 Å². The minimum Gasteiger partial charge on any atom is -0.465 e. The lowest BCUT2D eigenvalue weighted by Gasteiger charge is -2.37. The summed E-state index contributed by atoms with van der Waals surface area (Å²) in [6.45, 7) is 17.3. The molecule has 1 fully saturated rings. The van der Waals surface area contributed by atoms with Crippen molar-refractivity contribution < 1.29 is 9.15 Å². The van der Waals surface area contributed by atoms with E-state index in [-0.39, 0.29) is 11.1 Å². The van der Waals surface area contributed by atoms with Gasteiger partial charge in [-0.15, -0.1) is 0 Å². The number of hydrogen-bond donors (Lipinski definition) is 1. The molecule has 0 amide bonds. The summed E-state index contributed by atoms with van der Waals surface area (Å²) in [6.07, 6.45) is 0. The van der Waals surface area contributed by atoms with E-state index in [0.29, 0.717) is 0 Å². The highest BCUT2D eigenvalue weighted by atomic mass is 16.5. The zero-order chi connectivity index (χ0) is 15.7. The molecule has 0 unspecified atom stereocenters. The molecule has 2 rings (SSSR count). The second-order valence-electron chi connectivity index (χ2n) is 7.72. The molecular formula is C17H30N2O2. The van der Waals surface area contributed by atoms with Crippen LogP contribution in [0.2, 0.25) is 0 Å². The van der Waals surface area contributed by atoms with Crippen LogP contribution in [0.4, 0.5) is 0 Å². The quantitative estimate of drug-likeness (QED) is 0.926. The van der Waals surface area contributed by atoms with E-state index in [1.807, 2.05) is 6.92 Å². The predicted molar refractivity (Wildman–Crippen MR) is 85.3 cm³/mol. The van der Waals surface area contributed by atoms with E-state index in [9.17, 15) is 0 Å². The lowest BCUT2D eigenvalue weighted by Crippen LogP contribution is -2.47. The molecule has 0 saturated carbocycles. The Labute approximate surface area is 128 Å². The van der Waals surface area contributed by atoms with Crippen molar-refractivity contribution in [2.45, 2.75) is 65.8 Å². The highest BCUT2D eigenvalue weighted by Gasteiger charge is 2.27. The molecule has 21 heavy (non-hydrogen) atoms. The second-order valence-corrected chi connectivity index (χ2v) is 7.72. The first-order valence-electron chi connectivity index (χ1n) is 7.84. The average Bonchev–Trinajstić information content (AvgIpc) is 2.64. The number of furan rings is 1. The van der Waals surface area contributed by atoms with Crippen molar-refractivity contribution in [2.75, 3.05) is 19.7 Å². The molecule has 0 radical (unpaired) electrons. The van der Waals surface area contributed by atoms with Crippen LogP contribution in [0.5, 0.6) is 0 Å². The summed E-state index contributed by atoms with van der Waals surface area (Å²) in [5.74, 6) is 2.07. The number of hydrogen-bond acceptors (Lipinski definition) is 4. The molecular weight excluding hydrogens is 264 g/mol. The molecule has 0 aromatic carbocycles. The van der Waals surface area contributed by atoms with Crippen molar-refractivity contribution >= 4 is 0 Å². The molecule has 1 N–H and O–H groups in total. The molecule has 1 saturated heterocycles. The third-order valence-corrected chi connectivity index (χ3v) is 3.76. The molecule has 4 nitrogen and oxygen atoms in total. The van der Waals surface area contributed by atoms with Crippen LogP contribution in [-0.2, 0) is 17.8 Å². The Hall–Kier alpha value is -0.840. The first-order chi connectivity index (χ1) is 9.65. The number of aryl methyl sites for hydroxylation is 1. The van der Waals surface area contributed by atoms with Crippen LogP contribution in [0.3, 0.4) is 0 Å². The van der Waals surface area contributed by atoms with Crippen molar-refractivity contribution in [3.8, 4) is 0 Å². The summed E-state index contributed by atoms with van der Waals surface area (Å²) in [5, 5.41) is 3.52. The Bertz CT molecular complexity index is 472. The van der Waals surface area contributed by atoms with Crippen LogP contribution in [-0.4, -0.2) is 35.7 Å². The van der Waals surface area contributed by atoms with Crippen molar-refractivity contribution in [1.29, 1.82) is 0 Å². The van der Waals surface area contributed by atoms with Gasteiger partial charge >= 0.3 is 0 Å². The van der Waals surface area contributed by atoms with Crippen molar-refractivity contribution in [3.63, 3.8) is 0 Å². The predicted octanol–water partition coefficient (Wildman–Crippen LogP) is 3.09. The second kappa shape index (κ2) is 6.11. The van der Waals surface area contributed by atoms with Gasteiger partial charge in [0.15, 0.2) is 0 Å². The van der Waals surface area contributed by atoms with Crippen molar-refractivity contribution in [3.05, 3.63) is 23.2 Å². The Morgan fingerprint density at radius 3 is 2.67 bits per heavy atom. The molecule has 120 valence electrons. The van der Waals surface area contributed by atoms with Crippen LogP contribution in [0, 0.1) is 6.92 Å². The summed E-state index contributed by atoms with van der Waals surface area (Å²) in [4.78, 5) is 2.41. The summed E-state index contributed by atoms with van der Waals surface area (Å²) in [5.41, 5.74) is 1.32. The lowest BCUT2D eigenvalue weighted by molar-refractivity contribution is -0.0894. The van der Waals surface area contributed by atoms with Gasteiger partial charge < -0.3 is 14.5 Å². The fourth-order valence-electron chi connectivity index (χ4n) is 2.67. The van der Waals surface area contributed by atoms with Crippen LogP contribution < -0.4 is 5.32 Å². The summed E-state index contributed by atoms with van der Waals surface area (Å²) in [6, 6.07) is 2.19. The van der Waals surface area contributed by atoms with E-state index < -0.39 is 0 Å². The molecule has 0 atom stereocenters. The summed E-state index contributed by atoms with van der Waals surface area (Å²) >= 11 is 0. The molecule has 0 aliphatic carbocycles. The zero-order valence-corrected chi connectivity index (χ0v) is 14.4. The average molecular weight is 294 g/mol. The zero-order valence-electron chi connectivity index (χ0n) is 14.4. The SMILES string of the molecule is Cc1oc(CN2CCOC(C)(C)C2)cc1CNC(C)(C)C. The van der Waals surface area contributed by atoms with E-state index in [1.165, 1.54) is 5.56 Å². The van der Waals surface area contributed by atoms with E-state index in [2.05, 4.69) is 50.9 Å². The largest absolute Gasteiger partial charge is 0.465 e. The fourth-order valence-corrected chi connectivity index (χ4v) is 2.67. The highest BCUT2D eigenvalue weighted by Crippen LogP contribution is 2.21. The summed E-state index contributed by atoms with van der Waals surface area (Å²) in [7, 11) is 0. The van der Waals surface area contributed by atoms with Crippen LogP contribution in [0.1, 0.15) is 51.7 Å². The summed E-state index contributed by atoms with van der Waals surface area (Å²) < 4.78 is 11.7. The third kappa shape index (κ3) is 5.13. The molecule has 1 aliphatic heterocycles. The topological polar surface area (TPSA) is 37.6 Å². The minimum atomic E-state index is -0.0590. The standard InChI is InChI=1S/C17H30N2O2/c1-13-14(10-18-16(2,3)4)9-15(21-13)11-19-7-8-20-17(5,6)12-19/h9,18H,7-8,10-12H2,1-6H3. The number of ether oxygens (including phenoxy) is 1. The number of morpholine rings is 1. The van der Waals surface area contributed by atoms with Gasteiger partial charge in [-0.25, -0.2) is 0 Å². The Morgan fingerprint density at radius 1 is 1.33 bits per heavy atom. The molecule has 1 aliphatic rings. The number of nitrogens with zero attached hydrogens (tertiary/aromatic N) is 1. The molecule has 4 heteroatoms. The van der Waals surface area contributed by atoms with Gasteiger partial charge in [0, 0.05) is 30.7 Å². The Morgan fingerprint density at radius 2 is 2.05 bits per heavy atom. The first kappa shape index (κ1) is 16.5. The van der Waals surface area contributed by atoms with E-state index >= 15 is 0 Å². The van der Waals surface area contributed by atoms with Crippen molar-refractivity contribution in [1.82, 2.24) is 10.2 Å². The smallest absolute Gasteiger partial charge is 0.118 e. The van der Waals surface area contributed by atoms with E-state index in [1.54, 1.807) is 0 Å². The van der Waals surface area contributed by atoms with Gasteiger partial charge in [0.25, 0.3) is 0 Å². The molecule has 1 aromatic rings. The van der Waals surface area contributed by atoms with Crippen LogP contribution >= 0.6 is 0 Å². The minimum absolute atomic E-state index is 0.0590. The maximum absolute atomic E-state index is 5.93. The maximum Gasteiger partial charge on any atom is 0.118 e. The molecule has 0 bridgehead atoms. The normalized spacial score (nSPS) is 19.9. The fraction of sp³-hybridized carbons (Fsp3) is 0.765. The molecule has 0 spiro atoms. The van der Waals surface area contributed by atoms with Gasteiger partial charge in [-0.1, -0.05) is 0 Å². The number of rotatable bonds is 4. The van der Waals surface area contributed by atoms with Crippen molar-refractivity contribution in [2.24, 2.45) is 0 Å². The van der Waals surface area contributed by atoms with Gasteiger partial charge in [-0.05, 0) is 47.6 Å². The van der Waals surface area contributed by atoms with Gasteiger partial charge in [0.05, 0.1) is 18.8 Å². The maximum atomic E-state index is 5.93. The van der Waals surface area contributed by atoms with Crippen LogP contribution in [0.15, 0.2) is 10.5 Å². The van der Waals surface area contributed by atoms with E-state index in [0.717, 1.165) is 44.3 Å². The van der Waals surface area contributed by atoms with Gasteiger partial charge in [-0.2, -0.15) is 0 Å². The van der Waals surface area contributed by atoms with Crippen LogP contribution in [0.25, 0.3) is 0 Å². The monoisotopic (exact) mass is 294 g/mol. The first-order valence-corrected chi connectivity index (χ1v) is 7.84. The van der Waals surface area contributed by atoms with E-state index in [4.69, 9.17) is 9.15 Å².